The zero-order valence-corrected chi connectivity index (χ0v) is 12.7. The Balaban J connectivity index is 2.27. The average Bonchev–Trinajstić information content (AvgIpc) is 2.75. The van der Waals surface area contributed by atoms with E-state index in [0.717, 1.165) is 23.0 Å². The van der Waals surface area contributed by atoms with Crippen molar-refractivity contribution in [2.24, 2.45) is 7.05 Å². The predicted octanol–water partition coefficient (Wildman–Crippen LogP) is 2.01. The largest absolute Gasteiger partial charge is 0.383 e. The first-order valence-electron chi connectivity index (χ1n) is 6.63. The molecule has 0 amide bonds. The third kappa shape index (κ3) is 2.89. The fourth-order valence-corrected chi connectivity index (χ4v) is 1.77. The van der Waals surface area contributed by atoms with Gasteiger partial charge in [-0.25, -0.2) is 15.0 Å². The lowest BCUT2D eigenvalue weighted by Gasteiger charge is -2.19. The van der Waals surface area contributed by atoms with Gasteiger partial charge < -0.3 is 15.6 Å². The van der Waals surface area contributed by atoms with Gasteiger partial charge in [0.1, 0.15) is 23.3 Å². The third-order valence-electron chi connectivity index (χ3n) is 3.19. The summed E-state index contributed by atoms with van der Waals surface area (Å²) in [6.45, 7) is 8.73. The molecule has 0 atom stereocenters. The first-order chi connectivity index (χ1) is 9.29. The Morgan fingerprint density at radius 2 is 2.00 bits per heavy atom. The van der Waals surface area contributed by atoms with Crippen LogP contribution in [0.5, 0.6) is 0 Å². The zero-order chi connectivity index (χ0) is 14.9. The summed E-state index contributed by atoms with van der Waals surface area (Å²) < 4.78 is 1.97. The molecule has 0 saturated carbocycles. The Morgan fingerprint density at radius 1 is 1.30 bits per heavy atom. The molecule has 3 N–H and O–H groups in total. The van der Waals surface area contributed by atoms with Crippen LogP contribution >= 0.6 is 0 Å². The van der Waals surface area contributed by atoms with Gasteiger partial charge in [0.15, 0.2) is 0 Å². The van der Waals surface area contributed by atoms with E-state index in [1.165, 1.54) is 0 Å². The summed E-state index contributed by atoms with van der Waals surface area (Å²) in [5.41, 5.74) is 6.72. The Hall–Kier alpha value is -2.11. The van der Waals surface area contributed by atoms with Gasteiger partial charge in [-0.2, -0.15) is 0 Å². The van der Waals surface area contributed by atoms with Gasteiger partial charge >= 0.3 is 0 Å². The summed E-state index contributed by atoms with van der Waals surface area (Å²) in [4.78, 5) is 13.2. The molecule has 0 aliphatic rings. The highest BCUT2D eigenvalue weighted by molar-refractivity contribution is 5.55. The van der Waals surface area contributed by atoms with Crippen LogP contribution in [0.25, 0.3) is 0 Å². The lowest BCUT2D eigenvalue weighted by Crippen LogP contribution is -2.19. The van der Waals surface area contributed by atoms with Gasteiger partial charge in [-0.15, -0.1) is 0 Å². The summed E-state index contributed by atoms with van der Waals surface area (Å²) in [6, 6.07) is 0. The number of nitrogen functional groups attached to an aromatic ring is 1. The van der Waals surface area contributed by atoms with Gasteiger partial charge in [0.05, 0.1) is 6.54 Å². The molecule has 0 bridgehead atoms. The first-order valence-corrected chi connectivity index (χ1v) is 6.63. The Labute approximate surface area is 119 Å². The number of imidazole rings is 1. The summed E-state index contributed by atoms with van der Waals surface area (Å²) in [6.07, 6.45) is 3.69. The number of rotatable bonds is 3. The van der Waals surface area contributed by atoms with E-state index in [2.05, 4.69) is 41.0 Å². The highest BCUT2D eigenvalue weighted by atomic mass is 15.1. The summed E-state index contributed by atoms with van der Waals surface area (Å²) in [5, 5.41) is 3.30. The Bertz CT molecular complexity index is 609. The van der Waals surface area contributed by atoms with Crippen molar-refractivity contribution in [2.45, 2.75) is 39.7 Å². The third-order valence-corrected chi connectivity index (χ3v) is 3.19. The number of hydrogen-bond acceptors (Lipinski definition) is 5. The van der Waals surface area contributed by atoms with Crippen LogP contribution in [0.4, 0.5) is 11.6 Å². The fraction of sp³-hybridized carbons (Fsp3) is 0.500. The molecule has 2 aromatic rings. The van der Waals surface area contributed by atoms with Gasteiger partial charge in [0.25, 0.3) is 0 Å². The van der Waals surface area contributed by atoms with E-state index >= 15 is 0 Å². The van der Waals surface area contributed by atoms with Crippen LogP contribution in [-0.4, -0.2) is 19.5 Å². The molecule has 2 heterocycles. The van der Waals surface area contributed by atoms with Crippen LogP contribution in [0.15, 0.2) is 12.4 Å². The van der Waals surface area contributed by atoms with E-state index in [4.69, 9.17) is 5.73 Å². The highest BCUT2D eigenvalue weighted by Crippen LogP contribution is 2.24. The zero-order valence-electron chi connectivity index (χ0n) is 12.7. The van der Waals surface area contributed by atoms with Crippen LogP contribution in [0, 0.1) is 6.92 Å². The van der Waals surface area contributed by atoms with Gasteiger partial charge in [0, 0.05) is 30.4 Å². The molecule has 0 unspecified atom stereocenters. The second-order valence-electron chi connectivity index (χ2n) is 5.96. The Morgan fingerprint density at radius 3 is 2.55 bits per heavy atom. The minimum absolute atomic E-state index is 0.137. The molecule has 0 aliphatic carbocycles. The predicted molar refractivity (Wildman–Crippen MR) is 80.4 cm³/mol. The number of nitrogens with one attached hydrogen (secondary N) is 1. The van der Waals surface area contributed by atoms with Crippen molar-refractivity contribution in [2.75, 3.05) is 11.1 Å². The van der Waals surface area contributed by atoms with E-state index in [1.54, 1.807) is 6.20 Å². The molecule has 20 heavy (non-hydrogen) atoms. The van der Waals surface area contributed by atoms with Crippen molar-refractivity contribution in [3.63, 3.8) is 0 Å². The molecule has 0 spiro atoms. The van der Waals surface area contributed by atoms with Crippen molar-refractivity contribution in [1.29, 1.82) is 0 Å². The molecule has 6 heteroatoms. The van der Waals surface area contributed by atoms with Crippen molar-refractivity contribution in [1.82, 2.24) is 19.5 Å². The molecule has 0 radical (unpaired) electrons. The molecular formula is C14H22N6. The van der Waals surface area contributed by atoms with E-state index in [9.17, 15) is 0 Å². The topological polar surface area (TPSA) is 81.7 Å². The standard InChI is InChI=1S/C14H22N6/c1-9-11(15)18-13(14(2,3)4)19-12(9)17-8-10-16-6-7-20(10)5/h6-7H,8H2,1-5H3,(H3,15,17,18,19). The highest BCUT2D eigenvalue weighted by Gasteiger charge is 2.20. The van der Waals surface area contributed by atoms with E-state index in [0.29, 0.717) is 12.4 Å². The van der Waals surface area contributed by atoms with Gasteiger partial charge in [-0.1, -0.05) is 20.8 Å². The van der Waals surface area contributed by atoms with Gasteiger partial charge in [-0.3, -0.25) is 0 Å². The maximum absolute atomic E-state index is 5.99. The maximum Gasteiger partial charge on any atom is 0.138 e. The maximum atomic E-state index is 5.99. The quantitative estimate of drug-likeness (QED) is 0.894. The molecule has 0 aliphatic heterocycles. The smallest absolute Gasteiger partial charge is 0.138 e. The summed E-state index contributed by atoms with van der Waals surface area (Å²) >= 11 is 0. The normalized spacial score (nSPS) is 11.7. The number of anilines is 2. The van der Waals surface area contributed by atoms with Crippen LogP contribution in [0.3, 0.4) is 0 Å². The number of aryl methyl sites for hydroxylation is 1. The molecule has 0 saturated heterocycles. The molecule has 108 valence electrons. The van der Waals surface area contributed by atoms with Crippen LogP contribution in [0.2, 0.25) is 0 Å². The molecule has 2 aromatic heterocycles. The lowest BCUT2D eigenvalue weighted by atomic mass is 9.95. The van der Waals surface area contributed by atoms with Crippen molar-refractivity contribution in [3.8, 4) is 0 Å². The monoisotopic (exact) mass is 274 g/mol. The van der Waals surface area contributed by atoms with Gasteiger partial charge in [-0.05, 0) is 6.92 Å². The molecule has 0 aromatic carbocycles. The van der Waals surface area contributed by atoms with E-state index in [1.807, 2.05) is 24.7 Å². The number of hydrogen-bond donors (Lipinski definition) is 2. The average molecular weight is 274 g/mol. The lowest BCUT2D eigenvalue weighted by molar-refractivity contribution is 0.546. The van der Waals surface area contributed by atoms with Gasteiger partial charge in [0.2, 0.25) is 0 Å². The summed E-state index contributed by atoms with van der Waals surface area (Å²) in [7, 11) is 1.96. The second kappa shape index (κ2) is 5.11. The minimum atomic E-state index is -0.137. The van der Waals surface area contributed by atoms with Crippen molar-refractivity contribution < 1.29 is 0 Å². The van der Waals surface area contributed by atoms with Crippen molar-refractivity contribution in [3.05, 3.63) is 29.6 Å². The molecule has 0 fully saturated rings. The molecule has 6 nitrogen and oxygen atoms in total. The molecule has 2 rings (SSSR count). The second-order valence-corrected chi connectivity index (χ2v) is 5.96. The van der Waals surface area contributed by atoms with E-state index in [-0.39, 0.29) is 5.41 Å². The fourth-order valence-electron chi connectivity index (χ4n) is 1.77. The van der Waals surface area contributed by atoms with Crippen LogP contribution < -0.4 is 11.1 Å². The first kappa shape index (κ1) is 14.3. The number of nitrogens with two attached hydrogens (primary N) is 1. The minimum Gasteiger partial charge on any atom is -0.383 e. The number of nitrogens with zero attached hydrogens (tertiary/aromatic N) is 4. The summed E-state index contributed by atoms with van der Waals surface area (Å²) in [5.74, 6) is 2.97. The van der Waals surface area contributed by atoms with Crippen LogP contribution in [-0.2, 0) is 19.0 Å². The van der Waals surface area contributed by atoms with E-state index < -0.39 is 0 Å². The van der Waals surface area contributed by atoms with Crippen molar-refractivity contribution >= 4 is 11.6 Å². The number of aromatic nitrogens is 4. The molecular weight excluding hydrogens is 252 g/mol. The van der Waals surface area contributed by atoms with Crippen LogP contribution in [0.1, 0.15) is 38.0 Å². The SMILES string of the molecule is Cc1c(N)nc(C(C)(C)C)nc1NCc1nccn1C. The Kier molecular flexibility index (Phi) is 3.65.